The van der Waals surface area contributed by atoms with E-state index in [4.69, 9.17) is 0 Å². The molecule has 3 aliphatic rings. The van der Waals surface area contributed by atoms with E-state index in [-0.39, 0.29) is 5.82 Å². The number of allylic oxidation sites excluding steroid dienone is 2. The Morgan fingerprint density at radius 2 is 1.79 bits per heavy atom. The second-order valence-electron chi connectivity index (χ2n) is 10.4. The number of halogens is 1. The van der Waals surface area contributed by atoms with Gasteiger partial charge in [-0.25, -0.2) is 4.39 Å². The van der Waals surface area contributed by atoms with Gasteiger partial charge in [0.1, 0.15) is 5.82 Å². The van der Waals surface area contributed by atoms with E-state index in [0.717, 1.165) is 36.2 Å². The Balaban J connectivity index is 1.38. The lowest BCUT2D eigenvalue weighted by Gasteiger charge is -2.42. The molecular weight excluding hydrogens is 355 g/mol. The molecule has 1 aromatic carbocycles. The Labute approximate surface area is 178 Å². The first-order chi connectivity index (χ1) is 14.2. The van der Waals surface area contributed by atoms with Gasteiger partial charge < -0.3 is 0 Å². The lowest BCUT2D eigenvalue weighted by Crippen LogP contribution is -2.30. The van der Waals surface area contributed by atoms with Crippen LogP contribution in [0.1, 0.15) is 107 Å². The Hall–Kier alpha value is -1.11. The van der Waals surface area contributed by atoms with Gasteiger partial charge in [0.05, 0.1) is 0 Å². The van der Waals surface area contributed by atoms with Gasteiger partial charge in [-0.05, 0) is 123 Å². The van der Waals surface area contributed by atoms with Crippen molar-refractivity contribution in [1.29, 1.82) is 0 Å². The zero-order chi connectivity index (χ0) is 20.2. The summed E-state index contributed by atoms with van der Waals surface area (Å²) in [5.74, 6) is 4.18. The summed E-state index contributed by atoms with van der Waals surface area (Å²) >= 11 is 0. The average molecular weight is 397 g/mol. The molecule has 5 unspecified atom stereocenters. The molecule has 29 heavy (non-hydrogen) atoms. The largest absolute Gasteiger partial charge is 0.207 e. The molecule has 0 aromatic heterocycles. The van der Waals surface area contributed by atoms with E-state index < -0.39 is 0 Å². The number of hydrogen-bond donors (Lipinski definition) is 0. The molecule has 0 spiro atoms. The lowest BCUT2D eigenvalue weighted by molar-refractivity contribution is 0.115. The summed E-state index contributed by atoms with van der Waals surface area (Å²) in [7, 11) is 0. The highest BCUT2D eigenvalue weighted by Crippen LogP contribution is 2.49. The molecule has 2 fully saturated rings. The van der Waals surface area contributed by atoms with E-state index in [1.54, 1.807) is 0 Å². The lowest BCUT2D eigenvalue weighted by atomic mass is 9.63. The van der Waals surface area contributed by atoms with Gasteiger partial charge in [0.15, 0.2) is 0 Å². The molecule has 0 N–H and O–H groups in total. The third-order valence-corrected chi connectivity index (χ3v) is 8.49. The van der Waals surface area contributed by atoms with Crippen LogP contribution in [-0.4, -0.2) is 0 Å². The molecule has 160 valence electrons. The molecule has 0 heterocycles. The first kappa shape index (κ1) is 21.1. The van der Waals surface area contributed by atoms with Crippen LogP contribution in [0.25, 0.3) is 0 Å². The van der Waals surface area contributed by atoms with Gasteiger partial charge in [0.25, 0.3) is 0 Å². The van der Waals surface area contributed by atoms with Gasteiger partial charge in [0, 0.05) is 0 Å². The van der Waals surface area contributed by atoms with Gasteiger partial charge in [0.2, 0.25) is 0 Å². The van der Waals surface area contributed by atoms with Crippen molar-refractivity contribution >= 4 is 0 Å². The quantitative estimate of drug-likeness (QED) is 0.423. The Morgan fingerprint density at radius 1 is 0.966 bits per heavy atom. The summed E-state index contributed by atoms with van der Waals surface area (Å²) < 4.78 is 15.0. The molecule has 2 saturated carbocycles. The minimum Gasteiger partial charge on any atom is -0.207 e. The van der Waals surface area contributed by atoms with Gasteiger partial charge in [-0.15, -0.1) is 0 Å². The summed E-state index contributed by atoms with van der Waals surface area (Å²) in [4.78, 5) is 0. The van der Waals surface area contributed by atoms with Crippen molar-refractivity contribution in [3.63, 3.8) is 0 Å². The van der Waals surface area contributed by atoms with Gasteiger partial charge in [-0.3, -0.25) is 0 Å². The second kappa shape index (κ2) is 9.80. The highest BCUT2D eigenvalue weighted by Gasteiger charge is 2.36. The zero-order valence-corrected chi connectivity index (χ0v) is 18.8. The van der Waals surface area contributed by atoms with E-state index in [1.807, 2.05) is 6.07 Å². The third-order valence-electron chi connectivity index (χ3n) is 8.49. The molecule has 1 aromatic rings. The highest BCUT2D eigenvalue weighted by molar-refractivity contribution is 5.37. The standard InChI is InChI=1S/C28H41F/c1-3-5-6-8-21-9-11-23-17-24(14-13-22(23)15-21)26-18-25-12-10-20(7-4-2)16-27(25)28(29)19-26/h3,5,18-24H,4,6-17H2,1-2H3/b5-3+. The molecule has 4 rings (SSSR count). The van der Waals surface area contributed by atoms with Crippen molar-refractivity contribution < 1.29 is 4.39 Å². The molecule has 0 radical (unpaired) electrons. The fourth-order valence-electron chi connectivity index (χ4n) is 6.86. The maximum atomic E-state index is 15.0. The molecule has 0 saturated heterocycles. The predicted octanol–water partition coefficient (Wildman–Crippen LogP) is 8.39. The normalized spacial score (nSPS) is 32.2. The topological polar surface area (TPSA) is 0 Å². The summed E-state index contributed by atoms with van der Waals surface area (Å²) in [5.41, 5.74) is 3.71. The first-order valence-corrected chi connectivity index (χ1v) is 12.6. The molecule has 0 bridgehead atoms. The second-order valence-corrected chi connectivity index (χ2v) is 10.4. The van der Waals surface area contributed by atoms with Crippen LogP contribution in [0.3, 0.4) is 0 Å². The van der Waals surface area contributed by atoms with Crippen molar-refractivity contribution in [3.8, 4) is 0 Å². The van der Waals surface area contributed by atoms with Gasteiger partial charge in [-0.1, -0.05) is 44.4 Å². The maximum absolute atomic E-state index is 15.0. The van der Waals surface area contributed by atoms with Crippen LogP contribution in [0.2, 0.25) is 0 Å². The van der Waals surface area contributed by atoms with Crippen LogP contribution in [-0.2, 0) is 12.8 Å². The van der Waals surface area contributed by atoms with E-state index in [0.29, 0.717) is 11.8 Å². The summed E-state index contributed by atoms with van der Waals surface area (Å²) in [6, 6.07) is 4.34. The van der Waals surface area contributed by atoms with E-state index in [1.165, 1.54) is 81.8 Å². The average Bonchev–Trinajstić information content (AvgIpc) is 2.74. The summed E-state index contributed by atoms with van der Waals surface area (Å²) in [5, 5.41) is 0. The fourth-order valence-corrected chi connectivity index (χ4v) is 6.86. The van der Waals surface area contributed by atoms with Crippen LogP contribution in [0.5, 0.6) is 0 Å². The van der Waals surface area contributed by atoms with E-state index in [9.17, 15) is 0 Å². The predicted molar refractivity (Wildman–Crippen MR) is 122 cm³/mol. The SMILES string of the molecule is C/C=C/CCC1CCC2CC(c3cc(F)c4c(c3)CCC(CCC)C4)CCC2C1. The molecule has 1 heteroatoms. The van der Waals surface area contributed by atoms with Crippen molar-refractivity contribution in [2.75, 3.05) is 0 Å². The molecule has 5 atom stereocenters. The third kappa shape index (κ3) is 4.97. The Morgan fingerprint density at radius 3 is 2.62 bits per heavy atom. The number of fused-ring (bicyclic) bond motifs is 2. The number of aryl methyl sites for hydroxylation is 1. The number of benzene rings is 1. The van der Waals surface area contributed by atoms with Crippen molar-refractivity contribution in [2.24, 2.45) is 23.7 Å². The minimum absolute atomic E-state index is 0.105. The van der Waals surface area contributed by atoms with Crippen LogP contribution in [0.15, 0.2) is 24.3 Å². The number of rotatable bonds is 6. The smallest absolute Gasteiger partial charge is 0.126 e. The number of hydrogen-bond acceptors (Lipinski definition) is 0. The Kier molecular flexibility index (Phi) is 7.14. The minimum atomic E-state index is 0.105. The molecule has 0 nitrogen and oxygen atoms in total. The van der Waals surface area contributed by atoms with Crippen LogP contribution >= 0.6 is 0 Å². The monoisotopic (exact) mass is 396 g/mol. The van der Waals surface area contributed by atoms with Crippen molar-refractivity contribution in [2.45, 2.75) is 103 Å². The van der Waals surface area contributed by atoms with Gasteiger partial charge >= 0.3 is 0 Å². The first-order valence-electron chi connectivity index (χ1n) is 12.6. The van der Waals surface area contributed by atoms with E-state index in [2.05, 4.69) is 32.1 Å². The molecule has 0 amide bonds. The van der Waals surface area contributed by atoms with Crippen molar-refractivity contribution in [1.82, 2.24) is 0 Å². The fraction of sp³-hybridized carbons (Fsp3) is 0.714. The summed E-state index contributed by atoms with van der Waals surface area (Å²) in [6.07, 6.45) is 21.2. The molecular formula is C28H41F. The van der Waals surface area contributed by atoms with Crippen molar-refractivity contribution in [3.05, 3.63) is 46.8 Å². The molecule has 3 aliphatic carbocycles. The van der Waals surface area contributed by atoms with Gasteiger partial charge in [-0.2, -0.15) is 0 Å². The maximum Gasteiger partial charge on any atom is 0.126 e. The Bertz CT molecular complexity index is 703. The highest BCUT2D eigenvalue weighted by atomic mass is 19.1. The van der Waals surface area contributed by atoms with Crippen LogP contribution in [0, 0.1) is 29.5 Å². The zero-order valence-electron chi connectivity index (χ0n) is 18.8. The summed E-state index contributed by atoms with van der Waals surface area (Å²) in [6.45, 7) is 4.38. The van der Waals surface area contributed by atoms with E-state index >= 15 is 4.39 Å². The molecule has 0 aliphatic heterocycles. The van der Waals surface area contributed by atoms with Crippen LogP contribution in [0.4, 0.5) is 4.39 Å². The van der Waals surface area contributed by atoms with Crippen LogP contribution < -0.4 is 0 Å².